The van der Waals surface area contributed by atoms with E-state index >= 15 is 0 Å². The van der Waals surface area contributed by atoms with Gasteiger partial charge >= 0.3 is 0 Å². The molecule has 0 radical (unpaired) electrons. The molecule has 4 rings (SSSR count). The summed E-state index contributed by atoms with van der Waals surface area (Å²) in [5.74, 6) is 1.02. The van der Waals surface area contributed by atoms with Crippen LogP contribution < -0.4 is 0 Å². The molecule has 6 heteroatoms. The number of rotatable bonds is 3. The molecule has 1 unspecified atom stereocenters. The van der Waals surface area contributed by atoms with Gasteiger partial charge in [-0.1, -0.05) is 0 Å². The van der Waals surface area contributed by atoms with Crippen molar-refractivity contribution in [3.05, 3.63) is 47.7 Å². The summed E-state index contributed by atoms with van der Waals surface area (Å²) in [5, 5.41) is 0.868. The number of carbonyl (C=O) groups excluding carboxylic acids is 1. The Kier molecular flexibility index (Phi) is 3.72. The van der Waals surface area contributed by atoms with Gasteiger partial charge in [-0.05, 0) is 38.0 Å². The monoisotopic (exact) mass is 343 g/mol. The Morgan fingerprint density at radius 2 is 2.25 bits per heavy atom. The average Bonchev–Trinajstić information content (AvgIpc) is 3.12. The fourth-order valence-corrected chi connectivity index (χ4v) is 4.03. The van der Waals surface area contributed by atoms with Crippen LogP contribution in [0.4, 0.5) is 3.89 Å². The molecule has 1 aromatic carbocycles. The highest BCUT2D eigenvalue weighted by Gasteiger charge is 2.32. The average molecular weight is 343 g/mol. The molecule has 0 amide bonds. The number of ketones is 1. The SMILES string of the molecule is Cc1nccn1CC1CCc2c(c3cc(SF)ccc3n2C)C1=O. The van der Waals surface area contributed by atoms with Crippen molar-refractivity contribution >= 4 is 28.8 Å². The molecule has 1 aliphatic carbocycles. The molecule has 24 heavy (non-hydrogen) atoms. The first kappa shape index (κ1) is 15.4. The summed E-state index contributed by atoms with van der Waals surface area (Å²) >= 11 is 0.218. The quantitative estimate of drug-likeness (QED) is 0.719. The van der Waals surface area contributed by atoms with Crippen LogP contribution in [0.2, 0.25) is 0 Å². The zero-order valence-electron chi connectivity index (χ0n) is 13.6. The Bertz CT molecular complexity index is 943. The Balaban J connectivity index is 1.78. The number of Topliss-reactive ketones (excluding diaryl/α,β-unsaturated/α-hetero) is 1. The van der Waals surface area contributed by atoms with Gasteiger partial charge in [-0.25, -0.2) is 4.98 Å². The van der Waals surface area contributed by atoms with E-state index in [0.717, 1.165) is 40.8 Å². The summed E-state index contributed by atoms with van der Waals surface area (Å²) in [6.07, 6.45) is 5.37. The predicted octanol–water partition coefficient (Wildman–Crippen LogP) is 4.11. The molecular weight excluding hydrogens is 325 g/mol. The van der Waals surface area contributed by atoms with Crippen LogP contribution in [0, 0.1) is 12.8 Å². The first-order valence-electron chi connectivity index (χ1n) is 8.02. The van der Waals surface area contributed by atoms with Gasteiger partial charge in [0.25, 0.3) is 0 Å². The minimum Gasteiger partial charge on any atom is -0.347 e. The van der Waals surface area contributed by atoms with Crippen molar-refractivity contribution in [1.29, 1.82) is 0 Å². The lowest BCUT2D eigenvalue weighted by Gasteiger charge is -2.23. The fourth-order valence-electron chi connectivity index (χ4n) is 3.75. The van der Waals surface area contributed by atoms with Gasteiger partial charge in [-0.15, -0.1) is 0 Å². The van der Waals surface area contributed by atoms with Crippen molar-refractivity contribution in [2.24, 2.45) is 13.0 Å². The molecular formula is C18H18FN3OS. The van der Waals surface area contributed by atoms with E-state index in [-0.39, 0.29) is 23.8 Å². The van der Waals surface area contributed by atoms with Crippen LogP contribution >= 0.6 is 12.1 Å². The molecule has 0 aliphatic heterocycles. The number of nitrogens with zero attached hydrogens (tertiary/aromatic N) is 3. The van der Waals surface area contributed by atoms with E-state index < -0.39 is 0 Å². The van der Waals surface area contributed by atoms with Crippen molar-refractivity contribution in [2.75, 3.05) is 0 Å². The van der Waals surface area contributed by atoms with Gasteiger partial charge in [0.1, 0.15) is 5.82 Å². The topological polar surface area (TPSA) is 39.8 Å². The number of aryl methyl sites for hydroxylation is 2. The van der Waals surface area contributed by atoms with Crippen molar-refractivity contribution < 1.29 is 8.68 Å². The Labute approximate surface area is 144 Å². The number of fused-ring (bicyclic) bond motifs is 3. The van der Waals surface area contributed by atoms with Gasteiger partial charge < -0.3 is 9.13 Å². The highest BCUT2D eigenvalue weighted by Crippen LogP contribution is 2.36. The number of benzene rings is 1. The first-order chi connectivity index (χ1) is 11.6. The number of hydrogen-bond acceptors (Lipinski definition) is 3. The Hall–Kier alpha value is -2.08. The largest absolute Gasteiger partial charge is 0.347 e. The van der Waals surface area contributed by atoms with Gasteiger partial charge in [-0.3, -0.25) is 4.79 Å². The summed E-state index contributed by atoms with van der Waals surface area (Å²) in [6, 6.07) is 5.45. The van der Waals surface area contributed by atoms with Crippen molar-refractivity contribution in [3.63, 3.8) is 0 Å². The highest BCUT2D eigenvalue weighted by atomic mass is 32.2. The van der Waals surface area contributed by atoms with Crippen LogP contribution in [0.25, 0.3) is 10.9 Å². The van der Waals surface area contributed by atoms with E-state index in [0.29, 0.717) is 11.4 Å². The fraction of sp³-hybridized carbons (Fsp3) is 0.333. The van der Waals surface area contributed by atoms with Crippen LogP contribution in [-0.4, -0.2) is 19.9 Å². The smallest absolute Gasteiger partial charge is 0.170 e. The van der Waals surface area contributed by atoms with Gasteiger partial charge in [-0.2, -0.15) is 3.89 Å². The summed E-state index contributed by atoms with van der Waals surface area (Å²) in [5.41, 5.74) is 2.83. The third-order valence-electron chi connectivity index (χ3n) is 5.07. The third kappa shape index (κ3) is 2.28. The molecule has 1 atom stereocenters. The van der Waals surface area contributed by atoms with Crippen LogP contribution in [0.15, 0.2) is 35.5 Å². The molecule has 2 aromatic heterocycles. The lowest BCUT2D eigenvalue weighted by atomic mass is 9.85. The number of halogens is 1. The molecule has 0 saturated heterocycles. The molecule has 0 saturated carbocycles. The number of hydrogen-bond donors (Lipinski definition) is 0. The third-order valence-corrected chi connectivity index (χ3v) is 5.50. The van der Waals surface area contributed by atoms with Gasteiger partial charge in [0.05, 0.1) is 12.1 Å². The predicted molar refractivity (Wildman–Crippen MR) is 93.0 cm³/mol. The number of imidazole rings is 1. The lowest BCUT2D eigenvalue weighted by molar-refractivity contribution is 0.0888. The van der Waals surface area contributed by atoms with Crippen molar-refractivity contribution in [1.82, 2.24) is 14.1 Å². The molecule has 0 spiro atoms. The molecule has 1 aliphatic rings. The molecule has 0 fully saturated rings. The van der Waals surface area contributed by atoms with E-state index in [9.17, 15) is 8.68 Å². The second-order valence-corrected chi connectivity index (χ2v) is 6.99. The number of carbonyl (C=O) groups is 1. The maximum Gasteiger partial charge on any atom is 0.170 e. The van der Waals surface area contributed by atoms with Crippen molar-refractivity contribution in [2.45, 2.75) is 31.2 Å². The Morgan fingerprint density at radius 1 is 1.42 bits per heavy atom. The maximum atomic E-state index is 13.1. The second-order valence-electron chi connectivity index (χ2n) is 6.36. The van der Waals surface area contributed by atoms with E-state index in [4.69, 9.17) is 0 Å². The first-order valence-corrected chi connectivity index (χ1v) is 8.73. The van der Waals surface area contributed by atoms with Crippen LogP contribution in [0.1, 0.15) is 28.3 Å². The highest BCUT2D eigenvalue weighted by molar-refractivity contribution is 7.94. The van der Waals surface area contributed by atoms with Gasteiger partial charge in [0.2, 0.25) is 0 Å². The summed E-state index contributed by atoms with van der Waals surface area (Å²) in [7, 11) is 1.98. The van der Waals surface area contributed by atoms with E-state index in [2.05, 4.69) is 9.55 Å². The van der Waals surface area contributed by atoms with Crippen molar-refractivity contribution in [3.8, 4) is 0 Å². The lowest BCUT2D eigenvalue weighted by Crippen LogP contribution is -2.27. The normalized spacial score (nSPS) is 17.5. The van der Waals surface area contributed by atoms with Gasteiger partial charge in [0.15, 0.2) is 5.78 Å². The minimum atomic E-state index is -0.0577. The molecule has 124 valence electrons. The van der Waals surface area contributed by atoms with E-state index in [1.165, 1.54) is 0 Å². The summed E-state index contributed by atoms with van der Waals surface area (Å²) in [6.45, 7) is 2.60. The van der Waals surface area contributed by atoms with Crippen LogP contribution in [0.3, 0.4) is 0 Å². The summed E-state index contributed by atoms with van der Waals surface area (Å²) < 4.78 is 17.1. The molecule has 2 heterocycles. The summed E-state index contributed by atoms with van der Waals surface area (Å²) in [4.78, 5) is 17.9. The minimum absolute atomic E-state index is 0.0577. The second kappa shape index (κ2) is 5.77. The molecule has 4 nitrogen and oxygen atoms in total. The molecule has 3 aromatic rings. The molecule has 0 N–H and O–H groups in total. The van der Waals surface area contributed by atoms with Gasteiger partial charge in [0, 0.05) is 59.0 Å². The standard InChI is InChI=1S/C18H18FN3OS/c1-11-20-7-8-22(11)10-12-3-5-16-17(18(12)23)14-9-13(24-19)4-6-15(14)21(16)2/h4,6-9,12H,3,5,10H2,1-2H3. The maximum absolute atomic E-state index is 13.1. The number of aromatic nitrogens is 3. The Morgan fingerprint density at radius 3 is 2.96 bits per heavy atom. The zero-order chi connectivity index (χ0) is 16.8. The van der Waals surface area contributed by atoms with Crippen LogP contribution in [-0.2, 0) is 20.0 Å². The van der Waals surface area contributed by atoms with E-state index in [1.807, 2.05) is 30.8 Å². The van der Waals surface area contributed by atoms with Crippen LogP contribution in [0.5, 0.6) is 0 Å². The van der Waals surface area contributed by atoms with E-state index in [1.54, 1.807) is 18.3 Å². The molecule has 0 bridgehead atoms. The zero-order valence-corrected chi connectivity index (χ0v) is 14.4.